The second kappa shape index (κ2) is 6.44. The number of nitrogens with one attached hydrogen (secondary N) is 2. The summed E-state index contributed by atoms with van der Waals surface area (Å²) in [6, 6.07) is 12.4. The minimum atomic E-state index is -0.354. The molecule has 0 atom stereocenters. The van der Waals surface area contributed by atoms with Gasteiger partial charge in [0.1, 0.15) is 0 Å². The maximum atomic E-state index is 12.1. The normalized spacial score (nSPS) is 11.7. The Bertz CT molecular complexity index is 915. The van der Waals surface area contributed by atoms with Gasteiger partial charge in [-0.15, -0.1) is 0 Å². The number of H-pyrrole nitrogens is 1. The van der Waals surface area contributed by atoms with E-state index in [-0.39, 0.29) is 5.91 Å². The Morgan fingerprint density at radius 2 is 1.91 bits per heavy atom. The topological polar surface area (TPSA) is 57.2 Å². The molecule has 0 aliphatic rings. The Hall–Kier alpha value is -2.30. The molecule has 1 aromatic heterocycles. The molecule has 0 aliphatic heterocycles. The van der Waals surface area contributed by atoms with Crippen LogP contribution in [-0.4, -0.2) is 16.6 Å². The van der Waals surface area contributed by atoms with Crippen molar-refractivity contribution < 1.29 is 4.79 Å². The van der Waals surface area contributed by atoms with Crippen LogP contribution in [0.3, 0.4) is 0 Å². The van der Waals surface area contributed by atoms with Gasteiger partial charge in [0.25, 0.3) is 5.91 Å². The van der Waals surface area contributed by atoms with Crippen molar-refractivity contribution in [2.24, 2.45) is 5.10 Å². The molecule has 2 N–H and O–H groups in total. The first-order valence-electron chi connectivity index (χ1n) is 6.92. The van der Waals surface area contributed by atoms with E-state index in [0.29, 0.717) is 21.3 Å². The van der Waals surface area contributed by atoms with Gasteiger partial charge in [-0.1, -0.05) is 35.3 Å². The number of halogens is 2. The maximum Gasteiger partial charge on any atom is 0.272 e. The fourth-order valence-corrected chi connectivity index (χ4v) is 2.69. The summed E-state index contributed by atoms with van der Waals surface area (Å²) in [7, 11) is 0. The average molecular weight is 346 g/mol. The number of hydrogen-bond acceptors (Lipinski definition) is 2. The summed E-state index contributed by atoms with van der Waals surface area (Å²) in [4.78, 5) is 15.3. The van der Waals surface area contributed by atoms with Crippen LogP contribution in [0.4, 0.5) is 0 Å². The lowest BCUT2D eigenvalue weighted by molar-refractivity contribution is 0.0955. The molecule has 1 amide bonds. The van der Waals surface area contributed by atoms with Crippen LogP contribution in [0.2, 0.25) is 10.0 Å². The fraction of sp³-hybridized carbons (Fsp3) is 0.0588. The van der Waals surface area contributed by atoms with E-state index in [1.807, 2.05) is 31.3 Å². The Labute approximate surface area is 143 Å². The number of carbonyl (C=O) groups excluding carboxylic acids is 1. The quantitative estimate of drug-likeness (QED) is 0.527. The number of aromatic nitrogens is 1. The Morgan fingerprint density at radius 3 is 2.70 bits per heavy atom. The fourth-order valence-electron chi connectivity index (χ4n) is 2.29. The highest BCUT2D eigenvalue weighted by Crippen LogP contribution is 2.23. The predicted octanol–water partition coefficient (Wildman–Crippen LogP) is 4.63. The summed E-state index contributed by atoms with van der Waals surface area (Å²) in [5, 5.41) is 6.14. The van der Waals surface area contributed by atoms with Gasteiger partial charge < -0.3 is 4.98 Å². The third kappa shape index (κ3) is 3.23. The molecule has 6 heteroatoms. The SMILES string of the molecule is C/C(=N/NC(=O)c1ccccc1Cl)c1c[nH]c2ccc(Cl)cc12. The van der Waals surface area contributed by atoms with Crippen molar-refractivity contribution in [2.75, 3.05) is 0 Å². The van der Waals surface area contributed by atoms with E-state index in [2.05, 4.69) is 15.5 Å². The van der Waals surface area contributed by atoms with E-state index in [1.165, 1.54) is 0 Å². The Kier molecular flexibility index (Phi) is 4.37. The van der Waals surface area contributed by atoms with E-state index in [0.717, 1.165) is 16.5 Å². The molecule has 3 rings (SSSR count). The number of amides is 1. The molecule has 0 saturated carbocycles. The predicted molar refractivity (Wildman–Crippen MR) is 94.4 cm³/mol. The lowest BCUT2D eigenvalue weighted by atomic mass is 10.1. The van der Waals surface area contributed by atoms with Gasteiger partial charge in [-0.05, 0) is 37.3 Å². The molecular weight excluding hydrogens is 333 g/mol. The molecule has 2 aromatic carbocycles. The number of aromatic amines is 1. The first kappa shape index (κ1) is 15.6. The first-order valence-corrected chi connectivity index (χ1v) is 7.68. The molecule has 0 radical (unpaired) electrons. The molecule has 116 valence electrons. The van der Waals surface area contributed by atoms with Crippen LogP contribution in [0, 0.1) is 0 Å². The van der Waals surface area contributed by atoms with Crippen molar-refractivity contribution in [3.63, 3.8) is 0 Å². The largest absolute Gasteiger partial charge is 0.360 e. The average Bonchev–Trinajstić information content (AvgIpc) is 2.95. The van der Waals surface area contributed by atoms with Gasteiger partial charge in [0.2, 0.25) is 0 Å². The van der Waals surface area contributed by atoms with Crippen molar-refractivity contribution in [1.82, 2.24) is 10.4 Å². The third-order valence-corrected chi connectivity index (χ3v) is 4.04. The van der Waals surface area contributed by atoms with Crippen molar-refractivity contribution in [3.05, 3.63) is 69.8 Å². The number of fused-ring (bicyclic) bond motifs is 1. The highest BCUT2D eigenvalue weighted by Gasteiger charge is 2.10. The zero-order valence-electron chi connectivity index (χ0n) is 12.2. The van der Waals surface area contributed by atoms with Crippen LogP contribution in [-0.2, 0) is 0 Å². The van der Waals surface area contributed by atoms with Crippen molar-refractivity contribution in [3.8, 4) is 0 Å². The van der Waals surface area contributed by atoms with E-state index in [4.69, 9.17) is 23.2 Å². The summed E-state index contributed by atoms with van der Waals surface area (Å²) >= 11 is 12.0. The zero-order valence-corrected chi connectivity index (χ0v) is 13.7. The highest BCUT2D eigenvalue weighted by molar-refractivity contribution is 6.33. The van der Waals surface area contributed by atoms with Gasteiger partial charge >= 0.3 is 0 Å². The standard InChI is InChI=1S/C17H13Cl2N3O/c1-10(14-9-20-16-7-6-11(18)8-13(14)16)21-22-17(23)12-4-2-3-5-15(12)19/h2-9,20H,1H3,(H,22,23)/b21-10-. The van der Waals surface area contributed by atoms with Gasteiger partial charge in [0.05, 0.1) is 16.3 Å². The molecular formula is C17H13Cl2N3O. The van der Waals surface area contributed by atoms with Crippen molar-refractivity contribution in [2.45, 2.75) is 6.92 Å². The van der Waals surface area contributed by atoms with Crippen LogP contribution in [0.25, 0.3) is 10.9 Å². The minimum absolute atomic E-state index is 0.354. The molecule has 4 nitrogen and oxygen atoms in total. The van der Waals surface area contributed by atoms with Crippen molar-refractivity contribution >= 4 is 45.7 Å². The van der Waals surface area contributed by atoms with Crippen LogP contribution < -0.4 is 5.43 Å². The summed E-state index contributed by atoms with van der Waals surface area (Å²) in [6.45, 7) is 1.82. The molecule has 1 heterocycles. The summed E-state index contributed by atoms with van der Waals surface area (Å²) in [5.74, 6) is -0.354. The van der Waals surface area contributed by atoms with Gasteiger partial charge in [0.15, 0.2) is 0 Å². The van der Waals surface area contributed by atoms with Crippen LogP contribution in [0.1, 0.15) is 22.8 Å². The van der Waals surface area contributed by atoms with E-state index in [9.17, 15) is 4.79 Å². The van der Waals surface area contributed by atoms with Crippen LogP contribution in [0.5, 0.6) is 0 Å². The molecule has 0 unspecified atom stereocenters. The van der Waals surface area contributed by atoms with E-state index in [1.54, 1.807) is 24.3 Å². The van der Waals surface area contributed by atoms with Gasteiger partial charge in [-0.2, -0.15) is 5.10 Å². The Balaban J connectivity index is 1.86. The molecule has 23 heavy (non-hydrogen) atoms. The van der Waals surface area contributed by atoms with Crippen LogP contribution in [0.15, 0.2) is 53.8 Å². The number of hydrazone groups is 1. The van der Waals surface area contributed by atoms with E-state index >= 15 is 0 Å². The summed E-state index contributed by atoms with van der Waals surface area (Å²) < 4.78 is 0. The molecule has 0 fully saturated rings. The van der Waals surface area contributed by atoms with Crippen LogP contribution >= 0.6 is 23.2 Å². The third-order valence-electron chi connectivity index (χ3n) is 3.48. The molecule has 0 saturated heterocycles. The summed E-state index contributed by atoms with van der Waals surface area (Å²) in [6.07, 6.45) is 1.83. The maximum absolute atomic E-state index is 12.1. The number of hydrogen-bond donors (Lipinski definition) is 2. The zero-order chi connectivity index (χ0) is 16.4. The molecule has 0 aliphatic carbocycles. The number of nitrogens with zero attached hydrogens (tertiary/aromatic N) is 1. The lowest BCUT2D eigenvalue weighted by Gasteiger charge is -2.04. The molecule has 0 bridgehead atoms. The van der Waals surface area contributed by atoms with Gasteiger partial charge in [-0.3, -0.25) is 4.79 Å². The number of benzene rings is 2. The van der Waals surface area contributed by atoms with Crippen molar-refractivity contribution in [1.29, 1.82) is 0 Å². The molecule has 3 aromatic rings. The molecule has 0 spiro atoms. The summed E-state index contributed by atoms with van der Waals surface area (Å²) in [5.41, 5.74) is 5.40. The highest BCUT2D eigenvalue weighted by atomic mass is 35.5. The Morgan fingerprint density at radius 1 is 1.13 bits per heavy atom. The first-order chi connectivity index (χ1) is 11.1. The van der Waals surface area contributed by atoms with E-state index < -0.39 is 0 Å². The second-order valence-electron chi connectivity index (χ2n) is 5.01. The lowest BCUT2D eigenvalue weighted by Crippen LogP contribution is -2.19. The number of carbonyl (C=O) groups is 1. The minimum Gasteiger partial charge on any atom is -0.360 e. The second-order valence-corrected chi connectivity index (χ2v) is 5.85. The van der Waals surface area contributed by atoms with Gasteiger partial charge in [0, 0.05) is 27.7 Å². The van der Waals surface area contributed by atoms with Gasteiger partial charge in [-0.25, -0.2) is 5.43 Å². The number of rotatable bonds is 3. The monoisotopic (exact) mass is 345 g/mol. The smallest absolute Gasteiger partial charge is 0.272 e.